The van der Waals surface area contributed by atoms with E-state index in [1.165, 1.54) is 12.1 Å². The molecule has 4 N–H and O–H groups in total. The molecule has 7 nitrogen and oxygen atoms in total. The van der Waals surface area contributed by atoms with Gasteiger partial charge in [0.05, 0.1) is 36.4 Å². The molecule has 3 aromatic carbocycles. The third kappa shape index (κ3) is 4.15. The zero-order valence-corrected chi connectivity index (χ0v) is 18.5. The second-order valence-corrected chi connectivity index (χ2v) is 8.36. The van der Waals surface area contributed by atoms with Crippen molar-refractivity contribution in [1.29, 1.82) is 0 Å². The van der Waals surface area contributed by atoms with Gasteiger partial charge in [0.1, 0.15) is 0 Å². The molecule has 0 aliphatic carbocycles. The Morgan fingerprint density at radius 1 is 0.935 bits per heavy atom. The number of nitrogens with two attached hydrogens (primary N) is 1. The van der Waals surface area contributed by atoms with Gasteiger partial charge in [0, 0.05) is 23.4 Å². The maximum Gasteiger partial charge on any atom is 0.271 e. The van der Waals surface area contributed by atoms with E-state index in [4.69, 9.17) is 52.1 Å². The third-order valence-electron chi connectivity index (χ3n) is 4.69. The first kappa shape index (κ1) is 21.7. The number of halogens is 4. The fraction of sp³-hybridized carbons (Fsp3) is 0.0500. The van der Waals surface area contributed by atoms with E-state index in [0.29, 0.717) is 42.7 Å². The molecular formula is C20H13Cl4N5O2. The highest BCUT2D eigenvalue weighted by molar-refractivity contribution is 6.42. The number of aliphatic imine (C=N–C) groups is 1. The molecule has 11 heteroatoms. The molecule has 0 aromatic heterocycles. The average molecular weight is 497 g/mol. The van der Waals surface area contributed by atoms with Gasteiger partial charge in [0.2, 0.25) is 0 Å². The summed E-state index contributed by atoms with van der Waals surface area (Å²) in [5.41, 5.74) is 7.31. The number of amidine groups is 1. The van der Waals surface area contributed by atoms with Crippen LogP contribution in [0, 0.1) is 10.1 Å². The van der Waals surface area contributed by atoms with Crippen LogP contribution in [0.2, 0.25) is 20.1 Å². The fourth-order valence-electron chi connectivity index (χ4n) is 3.10. The molecular weight excluding hydrogens is 484 g/mol. The molecule has 158 valence electrons. The average Bonchev–Trinajstić information content (AvgIpc) is 2.72. The number of nitro groups is 1. The Hall–Kier alpha value is -2.55. The van der Waals surface area contributed by atoms with Crippen LogP contribution in [0.15, 0.2) is 59.6 Å². The largest absolute Gasteiger partial charge is 0.356 e. The number of rotatable bonds is 3. The molecule has 0 saturated carbocycles. The summed E-state index contributed by atoms with van der Waals surface area (Å²) in [7, 11) is 0. The Balaban J connectivity index is 1.86. The van der Waals surface area contributed by atoms with Gasteiger partial charge < -0.3 is 10.6 Å². The first-order chi connectivity index (χ1) is 14.7. The third-order valence-corrected chi connectivity index (χ3v) is 6.17. The summed E-state index contributed by atoms with van der Waals surface area (Å²) in [6, 6.07) is 14.2. The number of nitrogens with one attached hydrogen (secondary N) is 2. The lowest BCUT2D eigenvalue weighted by Gasteiger charge is -2.37. The van der Waals surface area contributed by atoms with E-state index in [2.05, 4.69) is 15.6 Å². The van der Waals surface area contributed by atoms with Gasteiger partial charge in [0.15, 0.2) is 11.5 Å². The number of fused-ring (bicyclic) bond motifs is 1. The summed E-state index contributed by atoms with van der Waals surface area (Å²) in [6.45, 7) is 0. The van der Waals surface area contributed by atoms with Gasteiger partial charge in [-0.2, -0.15) is 0 Å². The van der Waals surface area contributed by atoms with Crippen LogP contribution in [0.4, 0.5) is 22.7 Å². The van der Waals surface area contributed by atoms with Gasteiger partial charge in [-0.25, -0.2) is 4.99 Å². The first-order valence-electron chi connectivity index (χ1n) is 8.79. The van der Waals surface area contributed by atoms with Crippen molar-refractivity contribution >= 4 is 75.0 Å². The SMILES string of the molecule is NC1(c2ccc(Cl)c(Cl)c2)Nc2ccc([N+](=O)[O-])cc2N=C1Nc1ccc(Cl)c(Cl)c1. The molecule has 1 heterocycles. The summed E-state index contributed by atoms with van der Waals surface area (Å²) >= 11 is 24.4. The second-order valence-electron chi connectivity index (χ2n) is 6.73. The van der Waals surface area contributed by atoms with Crippen molar-refractivity contribution in [3.8, 4) is 0 Å². The van der Waals surface area contributed by atoms with Gasteiger partial charge in [-0.1, -0.05) is 52.5 Å². The van der Waals surface area contributed by atoms with E-state index >= 15 is 0 Å². The maximum atomic E-state index is 11.2. The highest BCUT2D eigenvalue weighted by atomic mass is 35.5. The Morgan fingerprint density at radius 3 is 2.26 bits per heavy atom. The number of hydrogen-bond donors (Lipinski definition) is 3. The zero-order valence-electron chi connectivity index (χ0n) is 15.5. The second kappa shape index (κ2) is 8.18. The normalized spacial score (nSPS) is 17.4. The number of nitrogens with zero attached hydrogens (tertiary/aromatic N) is 2. The van der Waals surface area contributed by atoms with Crippen LogP contribution in [0.3, 0.4) is 0 Å². The molecule has 0 saturated heterocycles. The van der Waals surface area contributed by atoms with Crippen LogP contribution >= 0.6 is 46.4 Å². The molecule has 0 fully saturated rings. The minimum Gasteiger partial charge on any atom is -0.356 e. The summed E-state index contributed by atoms with van der Waals surface area (Å²) < 4.78 is 0. The Bertz CT molecular complexity index is 1250. The molecule has 1 unspecified atom stereocenters. The van der Waals surface area contributed by atoms with Crippen molar-refractivity contribution in [2.75, 3.05) is 10.6 Å². The van der Waals surface area contributed by atoms with Gasteiger partial charge in [-0.3, -0.25) is 15.8 Å². The summed E-state index contributed by atoms with van der Waals surface area (Å²) in [6.07, 6.45) is 0. The van der Waals surface area contributed by atoms with Crippen LogP contribution in [0.25, 0.3) is 0 Å². The van der Waals surface area contributed by atoms with Gasteiger partial charge in [-0.15, -0.1) is 0 Å². The molecule has 1 atom stereocenters. The van der Waals surface area contributed by atoms with E-state index < -0.39 is 10.6 Å². The van der Waals surface area contributed by atoms with Crippen LogP contribution < -0.4 is 16.4 Å². The smallest absolute Gasteiger partial charge is 0.271 e. The highest BCUT2D eigenvalue weighted by Crippen LogP contribution is 2.40. The van der Waals surface area contributed by atoms with E-state index in [1.807, 2.05) is 0 Å². The van der Waals surface area contributed by atoms with Crippen molar-refractivity contribution in [3.05, 3.63) is 90.4 Å². The number of hydrogen-bond acceptors (Lipinski definition) is 6. The Kier molecular flexibility index (Phi) is 5.72. The van der Waals surface area contributed by atoms with Gasteiger partial charge in [0.25, 0.3) is 5.69 Å². The van der Waals surface area contributed by atoms with Crippen molar-refractivity contribution in [1.82, 2.24) is 0 Å². The number of anilines is 2. The van der Waals surface area contributed by atoms with Gasteiger partial charge in [-0.05, 0) is 36.4 Å². The van der Waals surface area contributed by atoms with Crippen LogP contribution in [-0.4, -0.2) is 10.8 Å². The van der Waals surface area contributed by atoms with Crippen molar-refractivity contribution in [2.24, 2.45) is 10.7 Å². The summed E-state index contributed by atoms with van der Waals surface area (Å²) in [5, 5.41) is 18.9. The molecule has 1 aliphatic heterocycles. The van der Waals surface area contributed by atoms with Crippen LogP contribution in [0.1, 0.15) is 5.56 Å². The predicted octanol–water partition coefficient (Wildman–Crippen LogP) is 6.59. The predicted molar refractivity (Wildman–Crippen MR) is 126 cm³/mol. The monoisotopic (exact) mass is 495 g/mol. The van der Waals surface area contributed by atoms with E-state index in [0.717, 1.165) is 0 Å². The lowest BCUT2D eigenvalue weighted by atomic mass is 9.95. The fourth-order valence-corrected chi connectivity index (χ4v) is 3.70. The molecule has 0 radical (unpaired) electrons. The van der Waals surface area contributed by atoms with E-state index in [9.17, 15) is 10.1 Å². The zero-order chi connectivity index (χ0) is 22.3. The molecule has 0 amide bonds. The quantitative estimate of drug-likeness (QED) is 0.280. The van der Waals surface area contributed by atoms with Crippen molar-refractivity contribution in [3.63, 3.8) is 0 Å². The summed E-state index contributed by atoms with van der Waals surface area (Å²) in [4.78, 5) is 15.3. The molecule has 4 rings (SSSR count). The van der Waals surface area contributed by atoms with Crippen LogP contribution in [-0.2, 0) is 5.66 Å². The van der Waals surface area contributed by atoms with Crippen molar-refractivity contribution in [2.45, 2.75) is 5.66 Å². The Labute approximate surface area is 196 Å². The topological polar surface area (TPSA) is 106 Å². The first-order valence-corrected chi connectivity index (χ1v) is 10.3. The molecule has 3 aromatic rings. The lowest BCUT2D eigenvalue weighted by molar-refractivity contribution is -0.384. The molecule has 31 heavy (non-hydrogen) atoms. The summed E-state index contributed by atoms with van der Waals surface area (Å²) in [5.74, 6) is 0.261. The van der Waals surface area contributed by atoms with E-state index in [-0.39, 0.29) is 11.5 Å². The van der Waals surface area contributed by atoms with Crippen molar-refractivity contribution < 1.29 is 4.92 Å². The molecule has 1 aliphatic rings. The van der Waals surface area contributed by atoms with E-state index in [1.54, 1.807) is 42.5 Å². The highest BCUT2D eigenvalue weighted by Gasteiger charge is 2.38. The van der Waals surface area contributed by atoms with Crippen LogP contribution in [0.5, 0.6) is 0 Å². The Morgan fingerprint density at radius 2 is 1.61 bits per heavy atom. The number of nitro benzene ring substituents is 1. The maximum absolute atomic E-state index is 11.2. The lowest BCUT2D eigenvalue weighted by Crippen LogP contribution is -2.55. The number of benzene rings is 3. The standard InChI is InChI=1S/C20H13Cl4N5O2/c21-13-4-1-10(7-15(13)23)20(25)19(26-11-2-5-14(22)16(24)8-11)27-18-9-12(29(30)31)3-6-17(18)28-20/h1-9,28H,25H2,(H,26,27). The molecule has 0 bridgehead atoms. The number of non-ortho nitro benzene ring substituents is 1. The van der Waals surface area contributed by atoms with Gasteiger partial charge >= 0.3 is 0 Å². The minimum absolute atomic E-state index is 0.0998. The minimum atomic E-state index is -1.36. The molecule has 0 spiro atoms.